The molecule has 0 aliphatic rings. The van der Waals surface area contributed by atoms with Crippen LogP contribution in [-0.2, 0) is 14.3 Å². The maximum Gasteiger partial charge on any atom is 0.323 e. The van der Waals surface area contributed by atoms with Crippen molar-refractivity contribution in [1.82, 2.24) is 0 Å². The summed E-state index contributed by atoms with van der Waals surface area (Å²) in [5.41, 5.74) is 0. The highest BCUT2D eigenvalue weighted by molar-refractivity contribution is 9.12. The van der Waals surface area contributed by atoms with Crippen LogP contribution in [-0.4, -0.2) is 23.7 Å². The predicted octanol–water partition coefficient (Wildman–Crippen LogP) is 3.35. The van der Waals surface area contributed by atoms with Gasteiger partial charge in [0.15, 0.2) is 5.78 Å². The van der Waals surface area contributed by atoms with Gasteiger partial charge < -0.3 is 4.74 Å². The largest absolute Gasteiger partial charge is 0.468 e. The molecule has 0 heterocycles. The molecule has 0 aliphatic carbocycles. The number of allylic oxidation sites excluding steroid dienone is 1. The molecule has 1 atom stereocenters. The first-order valence-corrected chi connectivity index (χ1v) is 6.86. The maximum absolute atomic E-state index is 11.6. The summed E-state index contributed by atoms with van der Waals surface area (Å²) in [6, 6.07) is 0. The number of halogens is 2. The van der Waals surface area contributed by atoms with E-state index in [1.807, 2.05) is 0 Å². The molecule has 92 valence electrons. The Kier molecular flexibility index (Phi) is 8.84. The number of carbonyl (C=O) groups excluding carboxylic acids is 2. The normalized spacial score (nSPS) is 13.4. The van der Waals surface area contributed by atoms with Gasteiger partial charge in [0.25, 0.3) is 0 Å². The van der Waals surface area contributed by atoms with Crippen molar-refractivity contribution in [2.75, 3.05) is 7.11 Å². The zero-order chi connectivity index (χ0) is 12.6. The van der Waals surface area contributed by atoms with Gasteiger partial charge in [0.2, 0.25) is 0 Å². The van der Waals surface area contributed by atoms with Crippen molar-refractivity contribution in [3.8, 4) is 0 Å². The Bertz CT molecular complexity index is 274. The summed E-state index contributed by atoms with van der Waals surface area (Å²) in [7, 11) is 1.31. The Morgan fingerprint density at radius 2 is 2.00 bits per heavy atom. The summed E-state index contributed by atoms with van der Waals surface area (Å²) >= 11 is 6.29. The van der Waals surface area contributed by atoms with E-state index in [0.717, 1.165) is 19.3 Å². The number of ether oxygens (including phenoxy) is 1. The van der Waals surface area contributed by atoms with Crippen LogP contribution in [0.15, 0.2) is 10.6 Å². The Labute approximate surface area is 113 Å². The average Bonchev–Trinajstić information content (AvgIpc) is 2.27. The number of alkyl halides is 1. The van der Waals surface area contributed by atoms with Crippen LogP contribution in [0.2, 0.25) is 0 Å². The van der Waals surface area contributed by atoms with Crippen LogP contribution in [0, 0.1) is 0 Å². The third kappa shape index (κ3) is 6.43. The molecule has 0 fully saturated rings. The van der Waals surface area contributed by atoms with Crippen LogP contribution >= 0.6 is 31.9 Å². The van der Waals surface area contributed by atoms with Gasteiger partial charge in [0, 0.05) is 6.42 Å². The molecule has 0 spiro atoms. The second-order valence-corrected chi connectivity index (χ2v) is 5.16. The fraction of sp³-hybridized carbons (Fsp3) is 0.636. The smallest absolute Gasteiger partial charge is 0.323 e. The van der Waals surface area contributed by atoms with E-state index in [4.69, 9.17) is 0 Å². The van der Waals surface area contributed by atoms with Crippen LogP contribution in [0.5, 0.6) is 0 Å². The number of rotatable bonds is 7. The van der Waals surface area contributed by atoms with Crippen molar-refractivity contribution in [1.29, 1.82) is 0 Å². The van der Waals surface area contributed by atoms with Gasteiger partial charge in [0.05, 0.1) is 11.6 Å². The highest BCUT2D eigenvalue weighted by Gasteiger charge is 2.15. The van der Waals surface area contributed by atoms with Crippen LogP contribution < -0.4 is 0 Å². The van der Waals surface area contributed by atoms with E-state index < -0.39 is 10.8 Å². The SMILES string of the molecule is CCCCCC(=O)/C(Br)=C/C(Br)C(=O)OC. The molecule has 0 saturated heterocycles. The zero-order valence-corrected chi connectivity index (χ0v) is 12.6. The number of Topliss-reactive ketones (excluding diaryl/α,β-unsaturated/α-hetero) is 1. The Hall–Kier alpha value is -0.160. The van der Waals surface area contributed by atoms with Crippen LogP contribution in [0.25, 0.3) is 0 Å². The van der Waals surface area contributed by atoms with Crippen molar-refractivity contribution in [2.45, 2.75) is 37.4 Å². The molecular formula is C11H16Br2O3. The molecule has 0 aromatic heterocycles. The van der Waals surface area contributed by atoms with Crippen molar-refractivity contribution in [2.24, 2.45) is 0 Å². The third-order valence-electron chi connectivity index (χ3n) is 1.99. The average molecular weight is 356 g/mol. The first kappa shape index (κ1) is 15.8. The van der Waals surface area contributed by atoms with E-state index in [1.54, 1.807) is 0 Å². The monoisotopic (exact) mass is 354 g/mol. The van der Waals surface area contributed by atoms with Crippen LogP contribution in [0.3, 0.4) is 0 Å². The van der Waals surface area contributed by atoms with E-state index >= 15 is 0 Å². The van der Waals surface area contributed by atoms with Crippen LogP contribution in [0.1, 0.15) is 32.6 Å². The second-order valence-electron chi connectivity index (χ2n) is 3.32. The Morgan fingerprint density at radius 3 is 2.50 bits per heavy atom. The Morgan fingerprint density at radius 1 is 1.38 bits per heavy atom. The highest BCUT2D eigenvalue weighted by Crippen LogP contribution is 2.16. The van der Waals surface area contributed by atoms with E-state index in [9.17, 15) is 9.59 Å². The minimum absolute atomic E-state index is 0.0156. The molecule has 16 heavy (non-hydrogen) atoms. The van der Waals surface area contributed by atoms with E-state index in [-0.39, 0.29) is 5.78 Å². The molecule has 0 radical (unpaired) electrons. The number of hydrogen-bond donors (Lipinski definition) is 0. The quantitative estimate of drug-likeness (QED) is 0.304. The van der Waals surface area contributed by atoms with Gasteiger partial charge in [-0.25, -0.2) is 0 Å². The molecule has 0 saturated carbocycles. The van der Waals surface area contributed by atoms with E-state index in [0.29, 0.717) is 10.9 Å². The number of ketones is 1. The molecule has 0 aliphatic heterocycles. The topological polar surface area (TPSA) is 43.4 Å². The maximum atomic E-state index is 11.6. The van der Waals surface area contributed by atoms with E-state index in [1.165, 1.54) is 13.2 Å². The van der Waals surface area contributed by atoms with Crippen molar-refractivity contribution >= 4 is 43.6 Å². The zero-order valence-electron chi connectivity index (χ0n) is 9.46. The summed E-state index contributed by atoms with van der Waals surface area (Å²) in [4.78, 5) is 22.1. The fourth-order valence-electron chi connectivity index (χ4n) is 1.06. The van der Waals surface area contributed by atoms with Crippen molar-refractivity contribution in [3.05, 3.63) is 10.6 Å². The van der Waals surface area contributed by atoms with Crippen molar-refractivity contribution in [3.63, 3.8) is 0 Å². The summed E-state index contributed by atoms with van der Waals surface area (Å²) < 4.78 is 4.96. The van der Waals surface area contributed by atoms with Crippen molar-refractivity contribution < 1.29 is 14.3 Å². The molecule has 5 heteroatoms. The Balaban J connectivity index is 4.20. The minimum Gasteiger partial charge on any atom is -0.468 e. The van der Waals surface area contributed by atoms with Gasteiger partial charge in [0.1, 0.15) is 4.83 Å². The lowest BCUT2D eigenvalue weighted by atomic mass is 10.1. The van der Waals surface area contributed by atoms with Crippen LogP contribution in [0.4, 0.5) is 0 Å². The number of methoxy groups -OCH3 is 1. The molecule has 1 unspecified atom stereocenters. The fourth-order valence-corrected chi connectivity index (χ4v) is 2.33. The lowest BCUT2D eigenvalue weighted by molar-refractivity contribution is -0.138. The lowest BCUT2D eigenvalue weighted by Crippen LogP contribution is -2.14. The molecule has 0 N–H and O–H groups in total. The van der Waals surface area contributed by atoms with Gasteiger partial charge in [-0.05, 0) is 28.4 Å². The second kappa shape index (κ2) is 8.93. The third-order valence-corrected chi connectivity index (χ3v) is 3.34. The van der Waals surface area contributed by atoms with Gasteiger partial charge in [-0.3, -0.25) is 9.59 Å². The molecule has 0 rings (SSSR count). The number of carbonyl (C=O) groups is 2. The molecule has 0 aromatic rings. The summed E-state index contributed by atoms with van der Waals surface area (Å²) in [5.74, 6) is -0.403. The molecule has 3 nitrogen and oxygen atoms in total. The van der Waals surface area contributed by atoms with Gasteiger partial charge in [-0.1, -0.05) is 35.7 Å². The number of hydrogen-bond acceptors (Lipinski definition) is 3. The first-order chi connectivity index (χ1) is 7.52. The summed E-state index contributed by atoms with van der Waals surface area (Å²) in [5, 5.41) is 0. The molecule has 0 amide bonds. The van der Waals surface area contributed by atoms with Gasteiger partial charge in [-0.15, -0.1) is 0 Å². The predicted molar refractivity (Wildman–Crippen MR) is 70.9 cm³/mol. The molecule has 0 aromatic carbocycles. The van der Waals surface area contributed by atoms with Gasteiger partial charge in [-0.2, -0.15) is 0 Å². The number of esters is 1. The molecular weight excluding hydrogens is 340 g/mol. The first-order valence-electron chi connectivity index (χ1n) is 5.15. The minimum atomic E-state index is -0.581. The highest BCUT2D eigenvalue weighted by atomic mass is 79.9. The van der Waals surface area contributed by atoms with Gasteiger partial charge >= 0.3 is 5.97 Å². The lowest BCUT2D eigenvalue weighted by Gasteiger charge is -2.03. The number of unbranched alkanes of at least 4 members (excludes halogenated alkanes) is 2. The summed E-state index contributed by atoms with van der Waals surface area (Å²) in [6.45, 7) is 2.08. The van der Waals surface area contributed by atoms with E-state index in [2.05, 4.69) is 43.5 Å². The molecule has 0 bridgehead atoms. The summed E-state index contributed by atoms with van der Waals surface area (Å²) in [6.07, 6.45) is 5.02. The standard InChI is InChI=1S/C11H16Br2O3/c1-3-4-5-6-10(14)8(12)7-9(13)11(15)16-2/h7,9H,3-6H2,1-2H3/b8-7-.